The molecule has 0 bridgehead atoms. The van der Waals surface area contributed by atoms with Gasteiger partial charge in [0, 0.05) is 23.1 Å². The van der Waals surface area contributed by atoms with Gasteiger partial charge in [-0.3, -0.25) is 4.79 Å². The predicted molar refractivity (Wildman–Crippen MR) is 122 cm³/mol. The van der Waals surface area contributed by atoms with Crippen molar-refractivity contribution in [2.24, 2.45) is 0 Å². The molecule has 2 aromatic rings. The Kier molecular flexibility index (Phi) is 7.73. The summed E-state index contributed by atoms with van der Waals surface area (Å²) in [5.41, 5.74) is 2.04. The lowest BCUT2D eigenvalue weighted by Crippen LogP contribution is -2.35. The standard InChI is InChI=1S/C23H25N3O5S/c1-4-30-21-15(7-6-8-18(21)29-3)9-10-20(27)25-22-17(13-24)16-11-12-26(14-19(16)32-22)23(28)31-5-2/h6-10H,4-5,11-12,14H2,1-3H3,(H,25,27). The molecule has 0 radical (unpaired) electrons. The van der Waals surface area contributed by atoms with Crippen LogP contribution >= 0.6 is 11.3 Å². The molecule has 0 saturated heterocycles. The zero-order chi connectivity index (χ0) is 23.1. The largest absolute Gasteiger partial charge is 0.493 e. The van der Waals surface area contributed by atoms with E-state index in [-0.39, 0.29) is 12.0 Å². The second-order valence-electron chi connectivity index (χ2n) is 6.82. The Balaban J connectivity index is 1.77. The van der Waals surface area contributed by atoms with E-state index in [9.17, 15) is 14.9 Å². The summed E-state index contributed by atoms with van der Waals surface area (Å²) < 4.78 is 16.1. The molecule has 0 aliphatic carbocycles. The van der Waals surface area contributed by atoms with Gasteiger partial charge in [-0.25, -0.2) is 4.79 Å². The van der Waals surface area contributed by atoms with Gasteiger partial charge in [-0.15, -0.1) is 11.3 Å². The average Bonchev–Trinajstić information content (AvgIpc) is 3.14. The molecule has 8 nitrogen and oxygen atoms in total. The topological polar surface area (TPSA) is 101 Å². The number of ether oxygens (including phenoxy) is 3. The molecule has 0 atom stereocenters. The van der Waals surface area contributed by atoms with Crippen molar-refractivity contribution in [2.45, 2.75) is 26.8 Å². The van der Waals surface area contributed by atoms with E-state index in [0.29, 0.717) is 60.4 Å². The number of para-hydroxylation sites is 1. The summed E-state index contributed by atoms with van der Waals surface area (Å²) in [6.07, 6.45) is 3.20. The van der Waals surface area contributed by atoms with Gasteiger partial charge in [-0.2, -0.15) is 5.26 Å². The fourth-order valence-corrected chi connectivity index (χ4v) is 4.64. The highest BCUT2D eigenvalue weighted by molar-refractivity contribution is 7.16. The quantitative estimate of drug-likeness (QED) is 0.628. The summed E-state index contributed by atoms with van der Waals surface area (Å²) in [7, 11) is 1.56. The molecule has 2 amide bonds. The Morgan fingerprint density at radius 3 is 2.81 bits per heavy atom. The van der Waals surface area contributed by atoms with Gasteiger partial charge in [0.05, 0.1) is 32.4 Å². The fourth-order valence-electron chi connectivity index (χ4n) is 3.42. The number of nitrogens with zero attached hydrogens (tertiary/aromatic N) is 2. The highest BCUT2D eigenvalue weighted by Gasteiger charge is 2.28. The second kappa shape index (κ2) is 10.7. The molecule has 1 aliphatic heterocycles. The van der Waals surface area contributed by atoms with Crippen LogP contribution in [0.2, 0.25) is 0 Å². The number of hydrogen-bond acceptors (Lipinski definition) is 7. The van der Waals surface area contributed by atoms with E-state index in [0.717, 1.165) is 10.4 Å². The monoisotopic (exact) mass is 455 g/mol. The Morgan fingerprint density at radius 2 is 2.12 bits per heavy atom. The van der Waals surface area contributed by atoms with E-state index < -0.39 is 0 Å². The molecule has 1 aromatic carbocycles. The van der Waals surface area contributed by atoms with Gasteiger partial charge < -0.3 is 24.4 Å². The van der Waals surface area contributed by atoms with E-state index in [1.54, 1.807) is 31.1 Å². The molecule has 2 heterocycles. The maximum Gasteiger partial charge on any atom is 0.410 e. The number of nitrogens with one attached hydrogen (secondary N) is 1. The molecule has 3 rings (SSSR count). The number of thiophene rings is 1. The first-order chi connectivity index (χ1) is 15.5. The number of benzene rings is 1. The second-order valence-corrected chi connectivity index (χ2v) is 7.93. The first kappa shape index (κ1) is 23.2. The lowest BCUT2D eigenvalue weighted by molar-refractivity contribution is -0.111. The zero-order valence-corrected chi connectivity index (χ0v) is 19.1. The van der Waals surface area contributed by atoms with Crippen LogP contribution in [0.5, 0.6) is 11.5 Å². The number of fused-ring (bicyclic) bond motifs is 1. The minimum Gasteiger partial charge on any atom is -0.493 e. The van der Waals surface area contributed by atoms with Crippen LogP contribution in [0.3, 0.4) is 0 Å². The minimum absolute atomic E-state index is 0.308. The summed E-state index contributed by atoms with van der Waals surface area (Å²) >= 11 is 1.31. The lowest BCUT2D eigenvalue weighted by Gasteiger charge is -2.25. The van der Waals surface area contributed by atoms with Crippen LogP contribution in [-0.4, -0.2) is 43.8 Å². The average molecular weight is 456 g/mol. The van der Waals surface area contributed by atoms with Gasteiger partial charge in [-0.05, 0) is 38.0 Å². The molecule has 168 valence electrons. The summed E-state index contributed by atoms with van der Waals surface area (Å²) in [5, 5.41) is 12.9. The highest BCUT2D eigenvalue weighted by Crippen LogP contribution is 2.37. The van der Waals surface area contributed by atoms with Crippen molar-refractivity contribution in [3.05, 3.63) is 45.8 Å². The van der Waals surface area contributed by atoms with E-state index in [1.165, 1.54) is 17.4 Å². The molecule has 32 heavy (non-hydrogen) atoms. The predicted octanol–water partition coefficient (Wildman–Crippen LogP) is 4.19. The first-order valence-corrected chi connectivity index (χ1v) is 11.1. The van der Waals surface area contributed by atoms with Crippen molar-refractivity contribution < 1.29 is 23.8 Å². The SMILES string of the molecule is CCOC(=O)N1CCc2c(sc(NC(=O)C=Cc3cccc(OC)c3OCC)c2C#N)C1. The van der Waals surface area contributed by atoms with Crippen molar-refractivity contribution in [3.63, 3.8) is 0 Å². The van der Waals surface area contributed by atoms with Crippen LogP contribution in [-0.2, 0) is 22.5 Å². The van der Waals surface area contributed by atoms with Gasteiger partial charge in [0.1, 0.15) is 11.1 Å². The van der Waals surface area contributed by atoms with Gasteiger partial charge in [0.2, 0.25) is 5.91 Å². The molecule has 1 N–H and O–H groups in total. The number of methoxy groups -OCH3 is 1. The van der Waals surface area contributed by atoms with Crippen molar-refractivity contribution in [1.82, 2.24) is 4.90 Å². The number of rotatable bonds is 7. The molecule has 0 saturated carbocycles. The molecule has 0 spiro atoms. The molecule has 1 aromatic heterocycles. The van der Waals surface area contributed by atoms with Crippen molar-refractivity contribution in [1.29, 1.82) is 5.26 Å². The Bertz CT molecular complexity index is 1070. The van der Waals surface area contributed by atoms with Crippen LogP contribution in [0.1, 0.15) is 35.4 Å². The van der Waals surface area contributed by atoms with Gasteiger partial charge >= 0.3 is 6.09 Å². The van der Waals surface area contributed by atoms with Crippen molar-refractivity contribution in [2.75, 3.05) is 32.2 Å². The normalized spacial score (nSPS) is 12.8. The summed E-state index contributed by atoms with van der Waals surface area (Å²) in [6, 6.07) is 7.62. The Hall–Kier alpha value is -3.51. The third-order valence-electron chi connectivity index (χ3n) is 4.86. The number of amides is 2. The molecule has 0 unspecified atom stereocenters. The van der Waals surface area contributed by atoms with E-state index >= 15 is 0 Å². The Labute approximate surface area is 191 Å². The van der Waals surface area contributed by atoms with Crippen molar-refractivity contribution in [3.8, 4) is 17.6 Å². The van der Waals surface area contributed by atoms with E-state index in [1.807, 2.05) is 19.1 Å². The van der Waals surface area contributed by atoms with Gasteiger partial charge in [0.15, 0.2) is 11.5 Å². The third-order valence-corrected chi connectivity index (χ3v) is 6.00. The molecular formula is C23H25N3O5S. The van der Waals surface area contributed by atoms with Crippen LogP contribution in [0.25, 0.3) is 6.08 Å². The lowest BCUT2D eigenvalue weighted by atomic mass is 10.0. The smallest absolute Gasteiger partial charge is 0.410 e. The van der Waals surface area contributed by atoms with Crippen LogP contribution in [0, 0.1) is 11.3 Å². The fraction of sp³-hybridized carbons (Fsp3) is 0.348. The maximum atomic E-state index is 12.6. The number of nitriles is 1. The third kappa shape index (κ3) is 5.03. The zero-order valence-electron chi connectivity index (χ0n) is 18.3. The summed E-state index contributed by atoms with van der Waals surface area (Å²) in [4.78, 5) is 27.1. The van der Waals surface area contributed by atoms with Crippen molar-refractivity contribution >= 4 is 34.4 Å². The Morgan fingerprint density at radius 1 is 1.31 bits per heavy atom. The number of carbonyl (C=O) groups excluding carboxylic acids is 2. The van der Waals surface area contributed by atoms with E-state index in [4.69, 9.17) is 14.2 Å². The molecule has 9 heteroatoms. The number of anilines is 1. The minimum atomic E-state index is -0.373. The highest BCUT2D eigenvalue weighted by atomic mass is 32.1. The van der Waals surface area contributed by atoms with Gasteiger partial charge in [0.25, 0.3) is 0 Å². The van der Waals surface area contributed by atoms with Crippen LogP contribution < -0.4 is 14.8 Å². The summed E-state index contributed by atoms with van der Waals surface area (Å²) in [6.45, 7) is 5.24. The summed E-state index contributed by atoms with van der Waals surface area (Å²) in [5.74, 6) is 0.774. The van der Waals surface area contributed by atoms with Gasteiger partial charge in [-0.1, -0.05) is 12.1 Å². The maximum absolute atomic E-state index is 12.6. The van der Waals surface area contributed by atoms with Crippen LogP contribution in [0.15, 0.2) is 24.3 Å². The van der Waals surface area contributed by atoms with Crippen LogP contribution in [0.4, 0.5) is 9.80 Å². The molecule has 1 aliphatic rings. The first-order valence-electron chi connectivity index (χ1n) is 10.3. The molecule has 0 fully saturated rings. The number of carbonyl (C=O) groups is 2. The molecular weight excluding hydrogens is 430 g/mol. The number of hydrogen-bond donors (Lipinski definition) is 1. The van der Waals surface area contributed by atoms with E-state index in [2.05, 4.69) is 11.4 Å².